The molecule has 1 fully saturated rings. The molecule has 1 saturated heterocycles. The van der Waals surface area contributed by atoms with E-state index in [4.69, 9.17) is 0 Å². The predicted molar refractivity (Wildman–Crippen MR) is 39.4 cm³/mol. The molecule has 0 spiro atoms. The van der Waals surface area contributed by atoms with Crippen molar-refractivity contribution in [3.63, 3.8) is 0 Å². The van der Waals surface area contributed by atoms with Crippen molar-refractivity contribution >= 4 is 0 Å². The zero-order valence-electron chi connectivity index (χ0n) is 7.04. The zero-order valence-corrected chi connectivity index (χ0v) is 7.04. The Bertz CT molecular complexity index is 383. The third kappa shape index (κ3) is 0.875. The Morgan fingerprint density at radius 1 is 1.36 bits per heavy atom. The molecule has 2 aliphatic heterocycles. The fraction of sp³-hybridized carbons (Fsp3) is 0.714. The number of fused-ring (bicyclic) bond motifs is 5. The standard InChI is InChI=1S/C7H7F3N4/c8-7(9,10)6-13-12-5-4-1-3(2-11-4)14(5)6/h3-4,11H,1-2H2. The van der Waals surface area contributed by atoms with Crippen molar-refractivity contribution < 1.29 is 13.2 Å². The Labute approximate surface area is 77.1 Å². The summed E-state index contributed by atoms with van der Waals surface area (Å²) in [7, 11) is 0. The lowest BCUT2D eigenvalue weighted by Crippen LogP contribution is -2.26. The van der Waals surface area contributed by atoms with Gasteiger partial charge in [0.2, 0.25) is 5.82 Å². The second kappa shape index (κ2) is 2.28. The summed E-state index contributed by atoms with van der Waals surface area (Å²) in [5, 5.41) is 9.86. The molecular formula is C7H7F3N4. The van der Waals surface area contributed by atoms with E-state index in [-0.39, 0.29) is 12.1 Å². The molecule has 7 heteroatoms. The molecule has 0 saturated carbocycles. The van der Waals surface area contributed by atoms with Gasteiger partial charge in [0.25, 0.3) is 0 Å². The molecule has 3 heterocycles. The number of halogens is 3. The first-order valence-electron chi connectivity index (χ1n) is 4.33. The topological polar surface area (TPSA) is 42.7 Å². The van der Waals surface area contributed by atoms with Crippen LogP contribution in [0.15, 0.2) is 0 Å². The van der Waals surface area contributed by atoms with E-state index >= 15 is 0 Å². The third-order valence-corrected chi connectivity index (χ3v) is 2.76. The van der Waals surface area contributed by atoms with Gasteiger partial charge in [-0.25, -0.2) is 0 Å². The molecule has 0 aliphatic carbocycles. The summed E-state index contributed by atoms with van der Waals surface area (Å²) in [6.45, 7) is 0.582. The van der Waals surface area contributed by atoms with E-state index in [2.05, 4.69) is 15.5 Å². The lowest BCUT2D eigenvalue weighted by Gasteiger charge is -2.16. The summed E-state index contributed by atoms with van der Waals surface area (Å²) < 4.78 is 38.6. The van der Waals surface area contributed by atoms with E-state index in [1.165, 1.54) is 4.57 Å². The summed E-state index contributed by atoms with van der Waals surface area (Å²) in [6, 6.07) is -0.162. The first-order valence-corrected chi connectivity index (χ1v) is 4.33. The molecule has 0 aromatic carbocycles. The Kier molecular flexibility index (Phi) is 1.34. The van der Waals surface area contributed by atoms with Crippen LogP contribution < -0.4 is 5.32 Å². The van der Waals surface area contributed by atoms with Crippen molar-refractivity contribution in [3.05, 3.63) is 11.6 Å². The first kappa shape index (κ1) is 8.22. The second-order valence-corrected chi connectivity index (χ2v) is 3.60. The van der Waals surface area contributed by atoms with Crippen LogP contribution in [0.25, 0.3) is 0 Å². The van der Waals surface area contributed by atoms with Crippen molar-refractivity contribution in [1.29, 1.82) is 0 Å². The van der Waals surface area contributed by atoms with Crippen LogP contribution in [0, 0.1) is 0 Å². The fourth-order valence-corrected chi connectivity index (χ4v) is 2.20. The Hall–Kier alpha value is -1.11. The fourth-order valence-electron chi connectivity index (χ4n) is 2.20. The Balaban J connectivity index is 2.15. The van der Waals surface area contributed by atoms with E-state index in [0.717, 1.165) is 0 Å². The molecule has 3 rings (SSSR count). The van der Waals surface area contributed by atoms with Gasteiger partial charge in [-0.05, 0) is 6.42 Å². The molecule has 2 bridgehead atoms. The van der Waals surface area contributed by atoms with Crippen molar-refractivity contribution in [2.24, 2.45) is 0 Å². The van der Waals surface area contributed by atoms with Crippen molar-refractivity contribution in [2.75, 3.05) is 6.54 Å². The number of nitrogens with zero attached hydrogens (tertiary/aromatic N) is 3. The van der Waals surface area contributed by atoms with Gasteiger partial charge in [-0.2, -0.15) is 13.2 Å². The average molecular weight is 204 g/mol. The maximum atomic E-state index is 12.5. The Morgan fingerprint density at radius 3 is 2.86 bits per heavy atom. The molecule has 76 valence electrons. The van der Waals surface area contributed by atoms with Gasteiger partial charge in [-0.15, -0.1) is 10.2 Å². The van der Waals surface area contributed by atoms with E-state index in [1.54, 1.807) is 0 Å². The number of hydrogen-bond acceptors (Lipinski definition) is 3. The number of nitrogens with one attached hydrogen (secondary N) is 1. The van der Waals surface area contributed by atoms with E-state index < -0.39 is 12.0 Å². The van der Waals surface area contributed by atoms with Crippen LogP contribution in [0.5, 0.6) is 0 Å². The molecular weight excluding hydrogens is 197 g/mol. The first-order chi connectivity index (χ1) is 6.57. The Morgan fingerprint density at radius 2 is 2.14 bits per heavy atom. The molecule has 1 aromatic heterocycles. The third-order valence-electron chi connectivity index (χ3n) is 2.76. The normalized spacial score (nSPS) is 29.6. The van der Waals surface area contributed by atoms with Crippen molar-refractivity contribution in [3.8, 4) is 0 Å². The highest BCUT2D eigenvalue weighted by molar-refractivity contribution is 5.15. The summed E-state index contributed by atoms with van der Waals surface area (Å²) in [6.07, 6.45) is -3.69. The van der Waals surface area contributed by atoms with E-state index in [9.17, 15) is 13.2 Å². The number of aromatic nitrogens is 3. The molecule has 0 amide bonds. The van der Waals surface area contributed by atoms with Crippen molar-refractivity contribution in [1.82, 2.24) is 20.1 Å². The van der Waals surface area contributed by atoms with Gasteiger partial charge >= 0.3 is 6.18 Å². The summed E-state index contributed by atoms with van der Waals surface area (Å²) in [5.41, 5.74) is 0. The van der Waals surface area contributed by atoms with Crippen LogP contribution in [0.2, 0.25) is 0 Å². The number of rotatable bonds is 0. The van der Waals surface area contributed by atoms with Gasteiger partial charge in [0.15, 0.2) is 5.82 Å². The van der Waals surface area contributed by atoms with Gasteiger partial charge < -0.3 is 9.88 Å². The average Bonchev–Trinajstić information content (AvgIpc) is 2.74. The lowest BCUT2D eigenvalue weighted by atomic mass is 10.2. The molecule has 1 aromatic rings. The molecule has 2 atom stereocenters. The van der Waals surface area contributed by atoms with Crippen LogP contribution in [-0.2, 0) is 6.18 Å². The second-order valence-electron chi connectivity index (χ2n) is 3.60. The molecule has 14 heavy (non-hydrogen) atoms. The maximum Gasteiger partial charge on any atom is 0.451 e. The van der Waals surface area contributed by atoms with Gasteiger partial charge in [-0.3, -0.25) is 0 Å². The smallest absolute Gasteiger partial charge is 0.305 e. The highest BCUT2D eigenvalue weighted by atomic mass is 19.4. The minimum atomic E-state index is -4.39. The summed E-state index contributed by atoms with van der Waals surface area (Å²) in [5.74, 6) is -0.435. The molecule has 0 radical (unpaired) electrons. The maximum absolute atomic E-state index is 12.5. The molecule has 4 nitrogen and oxygen atoms in total. The van der Waals surface area contributed by atoms with Crippen LogP contribution in [0.1, 0.15) is 30.2 Å². The molecule has 2 aliphatic rings. The summed E-state index contributed by atoms with van der Waals surface area (Å²) >= 11 is 0. The molecule has 2 unspecified atom stereocenters. The van der Waals surface area contributed by atoms with E-state index in [1.807, 2.05) is 0 Å². The predicted octanol–water partition coefficient (Wildman–Crippen LogP) is 0.886. The number of hydrogen-bond donors (Lipinski definition) is 1. The van der Waals surface area contributed by atoms with Gasteiger partial charge in [-0.1, -0.05) is 0 Å². The zero-order chi connectivity index (χ0) is 9.92. The van der Waals surface area contributed by atoms with Gasteiger partial charge in [0.1, 0.15) is 0 Å². The monoisotopic (exact) mass is 204 g/mol. The minimum Gasteiger partial charge on any atom is -0.305 e. The quantitative estimate of drug-likeness (QED) is 0.682. The minimum absolute atomic E-state index is 0.0383. The number of alkyl halides is 3. The van der Waals surface area contributed by atoms with E-state index in [0.29, 0.717) is 18.8 Å². The van der Waals surface area contributed by atoms with Crippen LogP contribution >= 0.6 is 0 Å². The van der Waals surface area contributed by atoms with Gasteiger partial charge in [0, 0.05) is 6.54 Å². The largest absolute Gasteiger partial charge is 0.451 e. The highest BCUT2D eigenvalue weighted by Crippen LogP contribution is 2.42. The SMILES string of the molecule is FC(F)(F)c1nnc2n1C1CNC2C1. The van der Waals surface area contributed by atoms with Crippen molar-refractivity contribution in [2.45, 2.75) is 24.7 Å². The van der Waals surface area contributed by atoms with Crippen LogP contribution in [-0.4, -0.2) is 21.3 Å². The van der Waals surface area contributed by atoms with Gasteiger partial charge in [0.05, 0.1) is 12.1 Å². The summed E-state index contributed by atoms with van der Waals surface area (Å²) in [4.78, 5) is 0. The lowest BCUT2D eigenvalue weighted by molar-refractivity contribution is -0.148. The van der Waals surface area contributed by atoms with Crippen LogP contribution in [0.3, 0.4) is 0 Å². The highest BCUT2D eigenvalue weighted by Gasteiger charge is 2.47. The molecule has 1 N–H and O–H groups in total. The van der Waals surface area contributed by atoms with Crippen LogP contribution in [0.4, 0.5) is 13.2 Å².